The fourth-order valence-electron chi connectivity index (χ4n) is 0.973. The number of nitrogens with zero attached hydrogens (tertiary/aromatic N) is 2. The molecule has 0 radical (unpaired) electrons. The van der Waals surface area contributed by atoms with E-state index < -0.39 is 5.82 Å². The van der Waals surface area contributed by atoms with Gasteiger partial charge in [0, 0.05) is 0 Å². The molecule has 0 aliphatic carbocycles. The molecule has 0 bridgehead atoms. The van der Waals surface area contributed by atoms with E-state index in [2.05, 4.69) is 0 Å². The average Bonchev–Trinajstić information content (AvgIpc) is 2.18. The van der Waals surface area contributed by atoms with E-state index in [1.807, 2.05) is 6.07 Å². The SMILES string of the molecule is N#CCC=Cc1ccc(C#N)c(F)c1. The van der Waals surface area contributed by atoms with Gasteiger partial charge in [-0.15, -0.1) is 0 Å². The number of nitriles is 2. The quantitative estimate of drug-likeness (QED) is 0.712. The Hall–Kier alpha value is -2.13. The number of halogens is 1. The summed E-state index contributed by atoms with van der Waals surface area (Å²) in [6.07, 6.45) is 3.58. The zero-order chi connectivity index (χ0) is 10.4. The topological polar surface area (TPSA) is 47.6 Å². The maximum atomic E-state index is 13.0. The molecule has 0 unspecified atom stereocenters. The molecule has 0 atom stereocenters. The maximum absolute atomic E-state index is 13.0. The summed E-state index contributed by atoms with van der Waals surface area (Å²) in [5, 5.41) is 16.7. The van der Waals surface area contributed by atoms with Crippen molar-refractivity contribution in [3.8, 4) is 12.1 Å². The molecule has 1 rings (SSSR count). The third-order valence-electron chi connectivity index (χ3n) is 1.63. The highest BCUT2D eigenvalue weighted by molar-refractivity contribution is 5.51. The second-order valence-electron chi connectivity index (χ2n) is 2.62. The Bertz CT molecular complexity index is 436. The molecule has 0 saturated carbocycles. The molecule has 0 fully saturated rings. The monoisotopic (exact) mass is 186 g/mol. The maximum Gasteiger partial charge on any atom is 0.141 e. The molecule has 14 heavy (non-hydrogen) atoms. The van der Waals surface area contributed by atoms with Crippen molar-refractivity contribution in [2.24, 2.45) is 0 Å². The van der Waals surface area contributed by atoms with Gasteiger partial charge in [0.2, 0.25) is 0 Å². The van der Waals surface area contributed by atoms with E-state index in [1.165, 1.54) is 12.1 Å². The molecule has 0 amide bonds. The summed E-state index contributed by atoms with van der Waals surface area (Å²) in [5.74, 6) is -0.536. The molecule has 0 N–H and O–H groups in total. The minimum atomic E-state index is -0.536. The van der Waals surface area contributed by atoms with Crippen LogP contribution in [0.5, 0.6) is 0 Å². The zero-order valence-corrected chi connectivity index (χ0v) is 7.37. The molecule has 1 aromatic rings. The van der Waals surface area contributed by atoms with E-state index in [4.69, 9.17) is 10.5 Å². The van der Waals surface area contributed by atoms with Gasteiger partial charge in [0.15, 0.2) is 0 Å². The van der Waals surface area contributed by atoms with Crippen molar-refractivity contribution < 1.29 is 4.39 Å². The summed E-state index contributed by atoms with van der Waals surface area (Å²) >= 11 is 0. The largest absolute Gasteiger partial charge is 0.206 e. The van der Waals surface area contributed by atoms with Crippen molar-refractivity contribution in [2.75, 3.05) is 0 Å². The van der Waals surface area contributed by atoms with Crippen molar-refractivity contribution >= 4 is 6.08 Å². The van der Waals surface area contributed by atoms with Gasteiger partial charge in [-0.25, -0.2) is 4.39 Å². The van der Waals surface area contributed by atoms with Gasteiger partial charge >= 0.3 is 0 Å². The van der Waals surface area contributed by atoms with Gasteiger partial charge in [-0.3, -0.25) is 0 Å². The van der Waals surface area contributed by atoms with Crippen molar-refractivity contribution in [1.82, 2.24) is 0 Å². The van der Waals surface area contributed by atoms with Crippen LogP contribution in [0.4, 0.5) is 4.39 Å². The number of allylic oxidation sites excluding steroid dienone is 1. The number of hydrogen-bond donors (Lipinski definition) is 0. The highest BCUT2D eigenvalue weighted by atomic mass is 19.1. The fraction of sp³-hybridized carbons (Fsp3) is 0.0909. The Balaban J connectivity index is 2.89. The molecule has 0 heterocycles. The fourth-order valence-corrected chi connectivity index (χ4v) is 0.973. The summed E-state index contributed by atoms with van der Waals surface area (Å²) in [5.41, 5.74) is 0.680. The second-order valence-corrected chi connectivity index (χ2v) is 2.62. The van der Waals surface area contributed by atoms with Gasteiger partial charge in [0.1, 0.15) is 11.9 Å². The van der Waals surface area contributed by atoms with Gasteiger partial charge in [-0.05, 0) is 17.7 Å². The summed E-state index contributed by atoms with van der Waals surface area (Å²) in [7, 11) is 0. The Morgan fingerprint density at radius 3 is 2.71 bits per heavy atom. The standard InChI is InChI=1S/C11H7FN2/c12-11-7-9(3-1-2-6-13)4-5-10(11)8-14/h1,3-5,7H,2H2. The molecule has 68 valence electrons. The Labute approximate surface area is 81.5 Å². The van der Waals surface area contributed by atoms with Crippen molar-refractivity contribution in [3.63, 3.8) is 0 Å². The molecule has 0 spiro atoms. The van der Waals surface area contributed by atoms with Crippen LogP contribution in [0.25, 0.3) is 6.08 Å². The zero-order valence-electron chi connectivity index (χ0n) is 7.37. The number of benzene rings is 1. The van der Waals surface area contributed by atoms with E-state index in [9.17, 15) is 4.39 Å². The van der Waals surface area contributed by atoms with Gasteiger partial charge < -0.3 is 0 Å². The molecule has 0 aromatic heterocycles. The third-order valence-corrected chi connectivity index (χ3v) is 1.63. The lowest BCUT2D eigenvalue weighted by Gasteiger charge is -1.95. The number of rotatable bonds is 2. The van der Waals surface area contributed by atoms with E-state index in [-0.39, 0.29) is 5.56 Å². The normalized spacial score (nSPS) is 9.64. The number of hydrogen-bond acceptors (Lipinski definition) is 2. The first-order chi connectivity index (χ1) is 6.77. The molecule has 0 saturated heterocycles. The van der Waals surface area contributed by atoms with E-state index in [0.29, 0.717) is 12.0 Å². The first-order valence-electron chi connectivity index (χ1n) is 4.01. The van der Waals surface area contributed by atoms with Gasteiger partial charge in [0.05, 0.1) is 18.1 Å². The highest BCUT2D eigenvalue weighted by Crippen LogP contribution is 2.10. The van der Waals surface area contributed by atoms with Crippen LogP contribution in [0.3, 0.4) is 0 Å². The minimum absolute atomic E-state index is 0.0300. The van der Waals surface area contributed by atoms with E-state index >= 15 is 0 Å². The van der Waals surface area contributed by atoms with Crippen LogP contribution >= 0.6 is 0 Å². The van der Waals surface area contributed by atoms with Gasteiger partial charge in [-0.1, -0.05) is 18.2 Å². The van der Waals surface area contributed by atoms with Crippen LogP contribution in [0.2, 0.25) is 0 Å². The Morgan fingerprint density at radius 1 is 1.36 bits per heavy atom. The molecule has 0 aliphatic heterocycles. The summed E-state index contributed by atoms with van der Waals surface area (Å²) in [4.78, 5) is 0. The van der Waals surface area contributed by atoms with Crippen LogP contribution in [0.1, 0.15) is 17.5 Å². The predicted octanol–water partition coefficient (Wildman–Crippen LogP) is 2.62. The van der Waals surface area contributed by atoms with E-state index in [1.54, 1.807) is 24.3 Å². The molecular weight excluding hydrogens is 179 g/mol. The lowest BCUT2D eigenvalue weighted by molar-refractivity contribution is 0.623. The molecular formula is C11H7FN2. The van der Waals surface area contributed by atoms with Crippen LogP contribution in [-0.4, -0.2) is 0 Å². The summed E-state index contributed by atoms with van der Waals surface area (Å²) in [6, 6.07) is 8.00. The third kappa shape index (κ3) is 2.43. The van der Waals surface area contributed by atoms with Crippen LogP contribution in [-0.2, 0) is 0 Å². The summed E-state index contributed by atoms with van der Waals surface area (Å²) in [6.45, 7) is 0. The molecule has 1 aromatic carbocycles. The Morgan fingerprint density at radius 2 is 2.14 bits per heavy atom. The lowest BCUT2D eigenvalue weighted by atomic mass is 10.1. The predicted molar refractivity (Wildman–Crippen MR) is 50.4 cm³/mol. The highest BCUT2D eigenvalue weighted by Gasteiger charge is 1.99. The average molecular weight is 186 g/mol. The van der Waals surface area contributed by atoms with Crippen LogP contribution < -0.4 is 0 Å². The van der Waals surface area contributed by atoms with Gasteiger partial charge in [0.25, 0.3) is 0 Å². The van der Waals surface area contributed by atoms with Crippen molar-refractivity contribution in [1.29, 1.82) is 10.5 Å². The van der Waals surface area contributed by atoms with Crippen LogP contribution in [0, 0.1) is 28.5 Å². The smallest absolute Gasteiger partial charge is 0.141 e. The molecule has 0 aliphatic rings. The van der Waals surface area contributed by atoms with Crippen molar-refractivity contribution in [2.45, 2.75) is 6.42 Å². The Kier molecular flexibility index (Phi) is 3.41. The van der Waals surface area contributed by atoms with Crippen molar-refractivity contribution in [3.05, 3.63) is 41.2 Å². The molecule has 2 nitrogen and oxygen atoms in total. The minimum Gasteiger partial charge on any atom is -0.206 e. The molecule has 3 heteroatoms. The first kappa shape index (κ1) is 9.95. The first-order valence-corrected chi connectivity index (χ1v) is 4.01. The lowest BCUT2D eigenvalue weighted by Crippen LogP contribution is -1.83. The van der Waals surface area contributed by atoms with Crippen LogP contribution in [0.15, 0.2) is 24.3 Å². The second kappa shape index (κ2) is 4.79. The van der Waals surface area contributed by atoms with Gasteiger partial charge in [-0.2, -0.15) is 10.5 Å². The van der Waals surface area contributed by atoms with E-state index in [0.717, 1.165) is 0 Å². The summed E-state index contributed by atoms with van der Waals surface area (Å²) < 4.78 is 13.0.